The molecule has 1 amide bonds. The van der Waals surface area contributed by atoms with Crippen molar-refractivity contribution in [2.24, 2.45) is 0 Å². The van der Waals surface area contributed by atoms with Crippen LogP contribution in [0.2, 0.25) is 0 Å². The number of aromatic amines is 1. The molecule has 7 heteroatoms. The largest absolute Gasteiger partial charge is 0.458 e. The predicted molar refractivity (Wildman–Crippen MR) is 89.1 cm³/mol. The van der Waals surface area contributed by atoms with Gasteiger partial charge in [-0.1, -0.05) is 0 Å². The number of ether oxygens (including phenoxy) is 1. The fraction of sp³-hybridized carbons (Fsp3) is 0.529. The molecule has 1 atom stereocenters. The summed E-state index contributed by atoms with van der Waals surface area (Å²) in [5.41, 5.74) is 3.96. The molecule has 2 aromatic heterocycles. The molecular formula is C17H23N5O2. The molecule has 1 unspecified atom stereocenters. The Balaban J connectivity index is 1.71. The van der Waals surface area contributed by atoms with Crippen molar-refractivity contribution in [2.45, 2.75) is 46.6 Å². The Morgan fingerprint density at radius 2 is 1.96 bits per heavy atom. The Morgan fingerprint density at radius 3 is 2.58 bits per heavy atom. The molecule has 0 aromatic carbocycles. The van der Waals surface area contributed by atoms with E-state index in [-0.39, 0.29) is 12.0 Å². The summed E-state index contributed by atoms with van der Waals surface area (Å²) in [6.45, 7) is 8.83. The second-order valence-electron chi connectivity index (χ2n) is 6.38. The molecule has 0 saturated carbocycles. The van der Waals surface area contributed by atoms with E-state index in [1.54, 1.807) is 0 Å². The lowest BCUT2D eigenvalue weighted by atomic mass is 10.1. The van der Waals surface area contributed by atoms with Crippen molar-refractivity contribution >= 4 is 5.91 Å². The van der Waals surface area contributed by atoms with Crippen molar-refractivity contribution in [1.82, 2.24) is 25.1 Å². The van der Waals surface area contributed by atoms with Gasteiger partial charge in [-0.25, -0.2) is 9.97 Å². The first-order valence-electron chi connectivity index (χ1n) is 8.24. The Kier molecular flexibility index (Phi) is 4.51. The summed E-state index contributed by atoms with van der Waals surface area (Å²) in [7, 11) is 0. The molecule has 1 aliphatic rings. The fourth-order valence-corrected chi connectivity index (χ4v) is 3.14. The number of aromatic nitrogens is 4. The maximum atomic E-state index is 12.8. The Bertz CT molecular complexity index is 716. The summed E-state index contributed by atoms with van der Waals surface area (Å²) in [5, 5.41) is 6.99. The number of rotatable bonds is 3. The van der Waals surface area contributed by atoms with E-state index in [0.717, 1.165) is 42.2 Å². The van der Waals surface area contributed by atoms with Crippen LogP contribution in [-0.2, 0) is 0 Å². The van der Waals surface area contributed by atoms with Crippen LogP contribution in [0.25, 0.3) is 0 Å². The lowest BCUT2D eigenvalue weighted by Crippen LogP contribution is -2.44. The smallest absolute Gasteiger partial charge is 0.317 e. The van der Waals surface area contributed by atoms with Crippen LogP contribution in [0.15, 0.2) is 6.07 Å². The van der Waals surface area contributed by atoms with Crippen molar-refractivity contribution in [1.29, 1.82) is 0 Å². The van der Waals surface area contributed by atoms with Gasteiger partial charge in [0.1, 0.15) is 6.10 Å². The van der Waals surface area contributed by atoms with E-state index < -0.39 is 0 Å². The Hall–Kier alpha value is -2.44. The fourth-order valence-electron chi connectivity index (χ4n) is 3.14. The highest BCUT2D eigenvalue weighted by molar-refractivity contribution is 5.96. The van der Waals surface area contributed by atoms with E-state index in [2.05, 4.69) is 20.2 Å². The number of hydrogen-bond donors (Lipinski definition) is 1. The molecule has 24 heavy (non-hydrogen) atoms. The van der Waals surface area contributed by atoms with Gasteiger partial charge in [0.25, 0.3) is 5.91 Å². The average molecular weight is 329 g/mol. The highest BCUT2D eigenvalue weighted by Crippen LogP contribution is 2.20. The number of hydrogen-bond acceptors (Lipinski definition) is 5. The quantitative estimate of drug-likeness (QED) is 0.932. The summed E-state index contributed by atoms with van der Waals surface area (Å²) in [6.07, 6.45) is 1.71. The summed E-state index contributed by atoms with van der Waals surface area (Å²) in [6, 6.07) is 2.30. The standard InChI is InChI=1S/C17H23N5O2/c1-10-8-11(2)19-17(18-10)24-14-6-5-7-22(9-14)16(23)15-12(3)20-21-13(15)4/h8,14H,5-7,9H2,1-4H3,(H,20,21). The molecule has 1 fully saturated rings. The Labute approximate surface area is 141 Å². The molecular weight excluding hydrogens is 306 g/mol. The molecule has 7 nitrogen and oxygen atoms in total. The molecule has 3 heterocycles. The molecule has 128 valence electrons. The van der Waals surface area contributed by atoms with Gasteiger partial charge in [-0.05, 0) is 46.6 Å². The normalized spacial score (nSPS) is 17.8. The highest BCUT2D eigenvalue weighted by Gasteiger charge is 2.28. The SMILES string of the molecule is Cc1cc(C)nc(OC2CCCN(C(=O)c3c(C)n[nH]c3C)C2)n1. The zero-order chi connectivity index (χ0) is 17.3. The van der Waals surface area contributed by atoms with Gasteiger partial charge in [0.15, 0.2) is 0 Å². The van der Waals surface area contributed by atoms with Crippen molar-refractivity contribution < 1.29 is 9.53 Å². The topological polar surface area (TPSA) is 84.0 Å². The number of aryl methyl sites for hydroxylation is 4. The van der Waals surface area contributed by atoms with Gasteiger partial charge in [-0.3, -0.25) is 9.89 Å². The van der Waals surface area contributed by atoms with Crippen molar-refractivity contribution in [3.8, 4) is 6.01 Å². The molecule has 0 bridgehead atoms. The minimum Gasteiger partial charge on any atom is -0.458 e. The number of piperidine rings is 1. The van der Waals surface area contributed by atoms with E-state index in [0.29, 0.717) is 18.1 Å². The first-order valence-corrected chi connectivity index (χ1v) is 8.24. The first-order chi connectivity index (χ1) is 11.4. The van der Waals surface area contributed by atoms with Gasteiger partial charge < -0.3 is 9.64 Å². The van der Waals surface area contributed by atoms with Crippen molar-refractivity contribution in [3.63, 3.8) is 0 Å². The van der Waals surface area contributed by atoms with Crippen LogP contribution in [0.3, 0.4) is 0 Å². The minimum atomic E-state index is -0.0867. The summed E-state index contributed by atoms with van der Waals surface area (Å²) in [4.78, 5) is 23.3. The Morgan fingerprint density at radius 1 is 1.25 bits per heavy atom. The van der Waals surface area contributed by atoms with E-state index in [1.165, 1.54) is 0 Å². The van der Waals surface area contributed by atoms with E-state index in [4.69, 9.17) is 4.74 Å². The first kappa shape index (κ1) is 16.4. The molecule has 1 aliphatic heterocycles. The molecule has 1 N–H and O–H groups in total. The third kappa shape index (κ3) is 3.39. The highest BCUT2D eigenvalue weighted by atomic mass is 16.5. The number of likely N-dealkylation sites (tertiary alicyclic amines) is 1. The zero-order valence-corrected chi connectivity index (χ0v) is 14.6. The number of H-pyrrole nitrogens is 1. The number of carbonyl (C=O) groups excluding carboxylic acids is 1. The molecule has 2 aromatic rings. The average Bonchev–Trinajstić information content (AvgIpc) is 2.85. The lowest BCUT2D eigenvalue weighted by Gasteiger charge is -2.32. The van der Waals surface area contributed by atoms with E-state index in [1.807, 2.05) is 38.7 Å². The predicted octanol–water partition coefficient (Wildman–Crippen LogP) is 2.12. The van der Waals surface area contributed by atoms with E-state index >= 15 is 0 Å². The van der Waals surface area contributed by atoms with Crippen LogP contribution >= 0.6 is 0 Å². The van der Waals surface area contributed by atoms with Gasteiger partial charge in [-0.15, -0.1) is 0 Å². The monoisotopic (exact) mass is 329 g/mol. The summed E-state index contributed by atoms with van der Waals surface area (Å²) < 4.78 is 5.94. The number of amides is 1. The second-order valence-corrected chi connectivity index (χ2v) is 6.38. The van der Waals surface area contributed by atoms with Gasteiger partial charge in [0.2, 0.25) is 0 Å². The van der Waals surface area contributed by atoms with Crippen LogP contribution in [-0.4, -0.2) is 50.2 Å². The van der Waals surface area contributed by atoms with E-state index in [9.17, 15) is 4.79 Å². The van der Waals surface area contributed by atoms with Crippen LogP contribution in [0.1, 0.15) is 46.0 Å². The lowest BCUT2D eigenvalue weighted by molar-refractivity contribution is 0.0513. The number of nitrogens with one attached hydrogen (secondary N) is 1. The third-order valence-corrected chi connectivity index (χ3v) is 4.24. The second kappa shape index (κ2) is 6.59. The molecule has 0 radical (unpaired) electrons. The van der Waals surface area contributed by atoms with Crippen molar-refractivity contribution in [2.75, 3.05) is 13.1 Å². The molecule has 0 spiro atoms. The van der Waals surface area contributed by atoms with Crippen LogP contribution < -0.4 is 4.74 Å². The van der Waals surface area contributed by atoms with Gasteiger partial charge >= 0.3 is 6.01 Å². The maximum Gasteiger partial charge on any atom is 0.317 e. The van der Waals surface area contributed by atoms with Gasteiger partial charge in [-0.2, -0.15) is 5.10 Å². The van der Waals surface area contributed by atoms with Crippen molar-refractivity contribution in [3.05, 3.63) is 34.4 Å². The summed E-state index contributed by atoms with van der Waals surface area (Å²) in [5.74, 6) is 0.00777. The maximum absolute atomic E-state index is 12.8. The molecule has 1 saturated heterocycles. The number of carbonyl (C=O) groups is 1. The third-order valence-electron chi connectivity index (χ3n) is 4.24. The van der Waals surface area contributed by atoms with Gasteiger partial charge in [0.05, 0.1) is 17.8 Å². The number of nitrogens with zero attached hydrogens (tertiary/aromatic N) is 4. The molecule has 3 rings (SSSR count). The van der Waals surface area contributed by atoms with Crippen LogP contribution in [0, 0.1) is 27.7 Å². The van der Waals surface area contributed by atoms with Crippen LogP contribution in [0.5, 0.6) is 6.01 Å². The van der Waals surface area contributed by atoms with Gasteiger partial charge in [0, 0.05) is 23.6 Å². The zero-order valence-electron chi connectivity index (χ0n) is 14.6. The minimum absolute atomic E-state index is 0.00777. The molecule has 0 aliphatic carbocycles. The van der Waals surface area contributed by atoms with Crippen LogP contribution in [0.4, 0.5) is 0 Å². The summed E-state index contributed by atoms with van der Waals surface area (Å²) >= 11 is 0.